The Labute approximate surface area is 167 Å². The Balaban J connectivity index is 1.56. The lowest BCUT2D eigenvalue weighted by Crippen LogP contribution is -1.91. The minimum atomic E-state index is 0.498. The van der Waals surface area contributed by atoms with Crippen LogP contribution in [0.15, 0.2) is 78.3 Å². The molecule has 1 N–H and O–H groups in total. The number of thiazole rings is 1. The van der Waals surface area contributed by atoms with Crippen molar-refractivity contribution in [2.45, 2.75) is 0 Å². The van der Waals surface area contributed by atoms with Gasteiger partial charge in [0, 0.05) is 22.8 Å². The van der Waals surface area contributed by atoms with Gasteiger partial charge in [0.2, 0.25) is 0 Å². The quantitative estimate of drug-likeness (QED) is 0.433. The number of nitrogens with one attached hydrogen (secondary N) is 1. The van der Waals surface area contributed by atoms with Gasteiger partial charge in [-0.25, -0.2) is 4.98 Å². The largest absolute Gasteiger partial charge is 0.497 e. The summed E-state index contributed by atoms with van der Waals surface area (Å²) in [6.45, 7) is 0. The maximum absolute atomic E-state index is 9.57. The summed E-state index contributed by atoms with van der Waals surface area (Å²) in [7, 11) is 1.64. The Bertz CT molecular complexity index is 1190. The summed E-state index contributed by atoms with van der Waals surface area (Å²) in [5, 5.41) is 17.8. The van der Waals surface area contributed by atoms with Crippen molar-refractivity contribution in [1.29, 1.82) is 5.26 Å². The van der Waals surface area contributed by atoms with Crippen molar-refractivity contribution in [3.05, 3.63) is 83.3 Å². The normalized spacial score (nSPS) is 11.2. The van der Waals surface area contributed by atoms with E-state index in [4.69, 9.17) is 4.74 Å². The molecule has 0 atom stereocenters. The van der Waals surface area contributed by atoms with E-state index in [2.05, 4.69) is 40.6 Å². The van der Waals surface area contributed by atoms with Crippen molar-refractivity contribution in [1.82, 2.24) is 4.98 Å². The molecule has 0 saturated carbocycles. The maximum atomic E-state index is 9.57. The van der Waals surface area contributed by atoms with E-state index in [0.29, 0.717) is 10.6 Å². The fourth-order valence-corrected chi connectivity index (χ4v) is 3.66. The zero-order valence-corrected chi connectivity index (χ0v) is 16.0. The van der Waals surface area contributed by atoms with Gasteiger partial charge in [-0.05, 0) is 47.2 Å². The van der Waals surface area contributed by atoms with Crippen LogP contribution in [0.4, 0.5) is 5.69 Å². The summed E-state index contributed by atoms with van der Waals surface area (Å²) >= 11 is 1.45. The lowest BCUT2D eigenvalue weighted by atomic mass is 10.1. The molecule has 1 heterocycles. The highest BCUT2D eigenvalue weighted by Crippen LogP contribution is 2.27. The number of rotatable bonds is 5. The molecule has 28 heavy (non-hydrogen) atoms. The SMILES string of the molecule is COc1ccc(-c2csc(/C(C#N)=C\Nc3ccc4ccccc4c3)n2)cc1. The van der Waals surface area contributed by atoms with Gasteiger partial charge in [-0.3, -0.25) is 0 Å². The molecular weight excluding hydrogens is 366 g/mol. The van der Waals surface area contributed by atoms with Crippen molar-refractivity contribution in [3.8, 4) is 23.1 Å². The van der Waals surface area contributed by atoms with Crippen molar-refractivity contribution < 1.29 is 4.74 Å². The van der Waals surface area contributed by atoms with E-state index in [1.807, 2.05) is 47.8 Å². The molecule has 4 rings (SSSR count). The van der Waals surface area contributed by atoms with E-state index in [-0.39, 0.29) is 0 Å². The predicted molar refractivity (Wildman–Crippen MR) is 115 cm³/mol. The van der Waals surface area contributed by atoms with Crippen LogP contribution in [-0.2, 0) is 0 Å². The zero-order chi connectivity index (χ0) is 19.3. The number of hydrogen-bond acceptors (Lipinski definition) is 5. The van der Waals surface area contributed by atoms with Gasteiger partial charge in [0.15, 0.2) is 0 Å². The van der Waals surface area contributed by atoms with Crippen molar-refractivity contribution in [2.24, 2.45) is 0 Å². The molecule has 0 aliphatic rings. The van der Waals surface area contributed by atoms with Gasteiger partial charge in [-0.1, -0.05) is 30.3 Å². The van der Waals surface area contributed by atoms with Crippen molar-refractivity contribution in [3.63, 3.8) is 0 Å². The second-order valence-electron chi connectivity index (χ2n) is 6.14. The van der Waals surface area contributed by atoms with Crippen LogP contribution in [0.1, 0.15) is 5.01 Å². The summed E-state index contributed by atoms with van der Waals surface area (Å²) in [5.41, 5.74) is 3.26. The Kier molecular flexibility index (Phi) is 5.05. The summed E-state index contributed by atoms with van der Waals surface area (Å²) in [4.78, 5) is 4.62. The maximum Gasteiger partial charge on any atom is 0.136 e. The van der Waals surface area contributed by atoms with Crippen LogP contribution in [0.2, 0.25) is 0 Å². The highest BCUT2D eigenvalue weighted by atomic mass is 32.1. The van der Waals surface area contributed by atoms with E-state index < -0.39 is 0 Å². The third-order valence-corrected chi connectivity index (χ3v) is 5.25. The second kappa shape index (κ2) is 7.95. The molecule has 0 spiro atoms. The van der Waals surface area contributed by atoms with Crippen LogP contribution >= 0.6 is 11.3 Å². The summed E-state index contributed by atoms with van der Waals surface area (Å²) in [5.74, 6) is 0.802. The van der Waals surface area contributed by atoms with Gasteiger partial charge >= 0.3 is 0 Å². The number of hydrogen-bond donors (Lipinski definition) is 1. The molecule has 0 unspecified atom stereocenters. The van der Waals surface area contributed by atoms with Crippen LogP contribution in [0, 0.1) is 11.3 Å². The van der Waals surface area contributed by atoms with Crippen LogP contribution in [-0.4, -0.2) is 12.1 Å². The standard InChI is InChI=1S/C23H17N3OS/c1-27-21-10-7-17(8-11-21)22-15-28-23(26-22)19(13-24)14-25-20-9-6-16-4-2-3-5-18(16)12-20/h2-12,14-15,25H,1H3/b19-14-. The number of nitrogens with zero attached hydrogens (tertiary/aromatic N) is 2. The first-order valence-electron chi connectivity index (χ1n) is 8.73. The summed E-state index contributed by atoms with van der Waals surface area (Å²) in [6, 6.07) is 24.2. The minimum Gasteiger partial charge on any atom is -0.497 e. The van der Waals surface area contributed by atoms with Gasteiger partial charge in [0.1, 0.15) is 22.4 Å². The Morgan fingerprint density at radius 3 is 2.61 bits per heavy atom. The number of fused-ring (bicyclic) bond motifs is 1. The van der Waals surface area contributed by atoms with Crippen LogP contribution in [0.5, 0.6) is 5.75 Å². The minimum absolute atomic E-state index is 0.498. The Hall–Kier alpha value is -3.62. The number of nitriles is 1. The van der Waals surface area contributed by atoms with Gasteiger partial charge in [0.05, 0.1) is 12.8 Å². The lowest BCUT2D eigenvalue weighted by Gasteiger charge is -2.04. The number of aromatic nitrogens is 1. The first-order valence-corrected chi connectivity index (χ1v) is 9.61. The van der Waals surface area contributed by atoms with Crippen LogP contribution < -0.4 is 10.1 Å². The third kappa shape index (κ3) is 3.73. The molecule has 0 radical (unpaired) electrons. The van der Waals surface area contributed by atoms with E-state index in [1.54, 1.807) is 13.3 Å². The molecule has 0 fully saturated rings. The molecule has 0 amide bonds. The van der Waals surface area contributed by atoms with E-state index in [0.717, 1.165) is 28.1 Å². The lowest BCUT2D eigenvalue weighted by molar-refractivity contribution is 0.415. The van der Waals surface area contributed by atoms with Gasteiger partial charge in [0.25, 0.3) is 0 Å². The van der Waals surface area contributed by atoms with Gasteiger partial charge in [-0.15, -0.1) is 11.3 Å². The van der Waals surface area contributed by atoms with E-state index in [9.17, 15) is 5.26 Å². The topological polar surface area (TPSA) is 57.9 Å². The number of methoxy groups -OCH3 is 1. The molecule has 5 heteroatoms. The summed E-state index contributed by atoms with van der Waals surface area (Å²) in [6.07, 6.45) is 1.71. The third-order valence-electron chi connectivity index (χ3n) is 4.37. The average Bonchev–Trinajstić information content (AvgIpc) is 3.24. The number of ether oxygens (including phenoxy) is 1. The predicted octanol–water partition coefficient (Wildman–Crippen LogP) is 5.95. The smallest absolute Gasteiger partial charge is 0.136 e. The molecule has 0 saturated heterocycles. The van der Waals surface area contributed by atoms with Crippen molar-refractivity contribution in [2.75, 3.05) is 12.4 Å². The first-order chi connectivity index (χ1) is 13.8. The Morgan fingerprint density at radius 1 is 1.07 bits per heavy atom. The molecule has 0 aliphatic heterocycles. The van der Waals surface area contributed by atoms with Gasteiger partial charge < -0.3 is 10.1 Å². The molecule has 4 nitrogen and oxygen atoms in total. The summed E-state index contributed by atoms with van der Waals surface area (Å²) < 4.78 is 5.19. The molecule has 0 aliphatic carbocycles. The molecule has 136 valence electrons. The monoisotopic (exact) mass is 383 g/mol. The zero-order valence-electron chi connectivity index (χ0n) is 15.2. The average molecular weight is 383 g/mol. The van der Waals surface area contributed by atoms with Crippen LogP contribution in [0.3, 0.4) is 0 Å². The second-order valence-corrected chi connectivity index (χ2v) is 7.00. The van der Waals surface area contributed by atoms with Gasteiger partial charge in [-0.2, -0.15) is 5.26 Å². The highest BCUT2D eigenvalue weighted by Gasteiger charge is 2.09. The van der Waals surface area contributed by atoms with Crippen molar-refractivity contribution >= 4 is 33.4 Å². The number of allylic oxidation sites excluding steroid dienone is 1. The number of anilines is 1. The fraction of sp³-hybridized carbons (Fsp3) is 0.0435. The first kappa shape index (κ1) is 17.8. The number of benzene rings is 3. The molecular formula is C23H17N3OS. The van der Waals surface area contributed by atoms with Crippen LogP contribution in [0.25, 0.3) is 27.6 Å². The van der Waals surface area contributed by atoms with E-state index >= 15 is 0 Å². The molecule has 0 bridgehead atoms. The molecule has 4 aromatic rings. The fourth-order valence-electron chi connectivity index (χ4n) is 2.87. The molecule has 3 aromatic carbocycles. The van der Waals surface area contributed by atoms with E-state index in [1.165, 1.54) is 16.7 Å². The Morgan fingerprint density at radius 2 is 1.86 bits per heavy atom. The molecule has 1 aromatic heterocycles. The highest BCUT2D eigenvalue weighted by molar-refractivity contribution is 7.11.